The van der Waals surface area contributed by atoms with Crippen molar-refractivity contribution in [2.75, 3.05) is 0 Å². The van der Waals surface area contributed by atoms with Gasteiger partial charge in [-0.25, -0.2) is 0 Å². The smallest absolute Gasteiger partial charge is 0.200 e. The summed E-state index contributed by atoms with van der Waals surface area (Å²) in [6.07, 6.45) is 0. The molecule has 0 saturated heterocycles. The first-order chi connectivity index (χ1) is 29.6. The highest BCUT2D eigenvalue weighted by molar-refractivity contribution is 6.11. The van der Waals surface area contributed by atoms with E-state index in [9.17, 15) is 4.79 Å². The highest BCUT2D eigenvalue weighted by atomic mass is 16.3. The minimum atomic E-state index is -0.0168. The van der Waals surface area contributed by atoms with E-state index in [4.69, 9.17) is 4.42 Å². The number of hydrogen-bond donors (Lipinski definition) is 0. The van der Waals surface area contributed by atoms with E-state index in [-0.39, 0.29) is 27.1 Å². The largest absolute Gasteiger partial charge is 0.456 e. The first kappa shape index (κ1) is 40.7. The van der Waals surface area contributed by atoms with Crippen LogP contribution in [0.4, 0.5) is 0 Å². The molecule has 63 heavy (non-hydrogen) atoms. The van der Waals surface area contributed by atoms with Crippen molar-refractivity contribution in [1.29, 1.82) is 0 Å². The van der Waals surface area contributed by atoms with Gasteiger partial charge in [-0.3, -0.25) is 4.79 Å². The predicted octanol–water partition coefficient (Wildman–Crippen LogP) is 16.0. The molecular weight excluding hydrogens is 769 g/mol. The molecule has 3 aromatic heterocycles. The Morgan fingerprint density at radius 3 is 1.13 bits per heavy atom. The van der Waals surface area contributed by atoms with Crippen LogP contribution in [-0.4, -0.2) is 9.13 Å². The predicted molar refractivity (Wildman–Crippen MR) is 269 cm³/mol. The van der Waals surface area contributed by atoms with Gasteiger partial charge < -0.3 is 13.6 Å². The van der Waals surface area contributed by atoms with Crippen molar-refractivity contribution in [3.8, 4) is 22.5 Å². The Balaban J connectivity index is 1.32. The van der Waals surface area contributed by atoms with E-state index < -0.39 is 0 Å². The fourth-order valence-electron chi connectivity index (χ4n) is 9.47. The first-order valence-corrected chi connectivity index (χ1v) is 22.5. The normalized spacial score (nSPS) is 13.1. The SMILES string of the molecule is CC(C)(C)c1ccc2c(c1)c1cc(C(C)(C)C)ccc1n2-c1cc(-c2ccc3c(=O)c4ccccc4oc3c2)cc(-n2c3ccc(C(C)(C)C)cc3c3cc(C(C)(C)C)ccc32)c1. The molecule has 4 nitrogen and oxygen atoms in total. The van der Waals surface area contributed by atoms with E-state index >= 15 is 0 Å². The van der Waals surface area contributed by atoms with Gasteiger partial charge in [0, 0.05) is 32.9 Å². The molecule has 10 aromatic rings. The zero-order chi connectivity index (χ0) is 44.5. The standard InChI is InChI=1S/C59H58N2O2/c1-56(2,3)37-18-23-49-45(30-37)46-31-38(57(4,5)6)19-24-50(46)60(49)41-27-36(35-17-22-44-54(29-35)63-53-16-14-13-15-43(53)55(44)62)28-42(34-41)61-51-25-20-39(58(7,8)9)32-47(51)48-33-40(59(10,11)12)21-26-52(48)61/h13-34H,1-12H3. The fraction of sp³-hybridized carbons (Fsp3) is 0.271. The summed E-state index contributed by atoms with van der Waals surface area (Å²) >= 11 is 0. The molecule has 3 heterocycles. The van der Waals surface area contributed by atoms with Crippen molar-refractivity contribution in [2.45, 2.75) is 105 Å². The second-order valence-electron chi connectivity index (χ2n) is 22.0. The molecule has 0 atom stereocenters. The lowest BCUT2D eigenvalue weighted by Crippen LogP contribution is -2.10. The van der Waals surface area contributed by atoms with E-state index in [1.807, 2.05) is 36.4 Å². The van der Waals surface area contributed by atoms with Crippen LogP contribution < -0.4 is 5.43 Å². The lowest BCUT2D eigenvalue weighted by molar-refractivity contribution is 0.590. The molecule has 0 bridgehead atoms. The zero-order valence-electron chi connectivity index (χ0n) is 38.9. The van der Waals surface area contributed by atoms with Gasteiger partial charge in [0.05, 0.1) is 32.8 Å². The molecule has 316 valence electrons. The maximum absolute atomic E-state index is 13.7. The van der Waals surface area contributed by atoms with Gasteiger partial charge in [-0.05, 0) is 146 Å². The first-order valence-electron chi connectivity index (χ1n) is 22.5. The van der Waals surface area contributed by atoms with Crippen LogP contribution in [-0.2, 0) is 21.7 Å². The maximum Gasteiger partial charge on any atom is 0.200 e. The average molecular weight is 827 g/mol. The summed E-state index contributed by atoms with van der Waals surface area (Å²) in [7, 11) is 0. The van der Waals surface area contributed by atoms with Gasteiger partial charge >= 0.3 is 0 Å². The van der Waals surface area contributed by atoms with Gasteiger partial charge in [0.15, 0.2) is 0 Å². The number of nitrogens with zero attached hydrogens (tertiary/aromatic N) is 2. The molecule has 7 aromatic carbocycles. The number of aromatic nitrogens is 2. The molecule has 0 aliphatic carbocycles. The number of rotatable bonds is 3. The summed E-state index contributed by atoms with van der Waals surface area (Å²) < 4.78 is 11.4. The summed E-state index contributed by atoms with van der Waals surface area (Å²) in [5.74, 6) is 0. The molecule has 0 unspecified atom stereocenters. The van der Waals surface area contributed by atoms with Crippen molar-refractivity contribution < 1.29 is 4.42 Å². The number of para-hydroxylation sites is 1. The van der Waals surface area contributed by atoms with Crippen LogP contribution in [0.1, 0.15) is 105 Å². The van der Waals surface area contributed by atoms with Crippen molar-refractivity contribution >= 4 is 65.6 Å². The average Bonchev–Trinajstić information content (AvgIpc) is 3.73. The van der Waals surface area contributed by atoms with Crippen LogP contribution in [0.25, 0.3) is 88.1 Å². The zero-order valence-corrected chi connectivity index (χ0v) is 38.9. The van der Waals surface area contributed by atoms with Gasteiger partial charge in [0.25, 0.3) is 0 Å². The van der Waals surface area contributed by atoms with Crippen LogP contribution in [0.15, 0.2) is 143 Å². The molecule has 0 aliphatic heterocycles. The van der Waals surface area contributed by atoms with Crippen LogP contribution in [0.5, 0.6) is 0 Å². The third kappa shape index (κ3) is 6.77. The van der Waals surface area contributed by atoms with Crippen molar-refractivity contribution in [3.63, 3.8) is 0 Å². The van der Waals surface area contributed by atoms with Crippen LogP contribution in [0.2, 0.25) is 0 Å². The topological polar surface area (TPSA) is 40.1 Å². The van der Waals surface area contributed by atoms with Crippen LogP contribution >= 0.6 is 0 Å². The minimum absolute atomic E-state index is 0.00992. The molecule has 0 amide bonds. The number of fused-ring (bicyclic) bond motifs is 8. The van der Waals surface area contributed by atoms with Gasteiger partial charge in [-0.15, -0.1) is 0 Å². The van der Waals surface area contributed by atoms with Crippen LogP contribution in [0, 0.1) is 0 Å². The molecule has 10 rings (SSSR count). The Bertz CT molecular complexity index is 3250. The van der Waals surface area contributed by atoms with E-state index in [0.717, 1.165) is 44.6 Å². The summed E-state index contributed by atoms with van der Waals surface area (Å²) in [5, 5.41) is 6.15. The lowest BCUT2D eigenvalue weighted by atomic mass is 9.85. The van der Waals surface area contributed by atoms with Crippen molar-refractivity contribution in [1.82, 2.24) is 9.13 Å². The molecule has 0 aliphatic rings. The van der Waals surface area contributed by atoms with Gasteiger partial charge in [0.1, 0.15) is 11.2 Å². The summed E-state index contributed by atoms with van der Waals surface area (Å²) in [5.41, 5.74) is 15.1. The summed E-state index contributed by atoms with van der Waals surface area (Å²) in [4.78, 5) is 13.7. The molecule has 0 fully saturated rings. The Morgan fingerprint density at radius 2 is 0.730 bits per heavy atom. The summed E-state index contributed by atoms with van der Waals surface area (Å²) in [6.45, 7) is 27.5. The van der Waals surface area contributed by atoms with E-state index in [0.29, 0.717) is 21.9 Å². The summed E-state index contributed by atoms with van der Waals surface area (Å²) in [6, 6.07) is 48.6. The molecule has 0 N–H and O–H groups in total. The van der Waals surface area contributed by atoms with Gasteiger partial charge in [-0.1, -0.05) is 126 Å². The molecule has 0 radical (unpaired) electrons. The Labute approximate surface area is 370 Å². The molecular formula is C59H58N2O2. The van der Waals surface area contributed by atoms with Crippen LogP contribution in [0.3, 0.4) is 0 Å². The van der Waals surface area contributed by atoms with Crippen molar-refractivity contribution in [2.24, 2.45) is 0 Å². The maximum atomic E-state index is 13.7. The molecule has 4 heteroatoms. The fourth-order valence-corrected chi connectivity index (χ4v) is 9.47. The number of benzene rings is 7. The van der Waals surface area contributed by atoms with Gasteiger partial charge in [0.2, 0.25) is 5.43 Å². The van der Waals surface area contributed by atoms with E-state index in [1.54, 1.807) is 0 Å². The highest BCUT2D eigenvalue weighted by Crippen LogP contribution is 2.42. The Kier molecular flexibility index (Phi) is 8.91. The highest BCUT2D eigenvalue weighted by Gasteiger charge is 2.24. The van der Waals surface area contributed by atoms with E-state index in [2.05, 4.69) is 189 Å². The lowest BCUT2D eigenvalue weighted by Gasteiger charge is -2.20. The Morgan fingerprint density at radius 1 is 0.349 bits per heavy atom. The van der Waals surface area contributed by atoms with Crippen molar-refractivity contribution in [3.05, 3.63) is 166 Å². The number of hydrogen-bond acceptors (Lipinski definition) is 2. The third-order valence-corrected chi connectivity index (χ3v) is 13.3. The van der Waals surface area contributed by atoms with E-state index in [1.165, 1.54) is 43.8 Å². The second-order valence-corrected chi connectivity index (χ2v) is 22.0. The minimum Gasteiger partial charge on any atom is -0.456 e. The molecule has 0 spiro atoms. The second kappa shape index (κ2) is 13.8. The molecule has 0 saturated carbocycles. The quantitative estimate of drug-likeness (QED) is 0.167. The monoisotopic (exact) mass is 826 g/mol. The third-order valence-electron chi connectivity index (χ3n) is 13.3. The Hall–Kier alpha value is -6.39. The van der Waals surface area contributed by atoms with Gasteiger partial charge in [-0.2, -0.15) is 0 Å².